The number of nitrogens with one attached hydrogen (secondary N) is 1. The lowest BCUT2D eigenvalue weighted by atomic mass is 10.1. The van der Waals surface area contributed by atoms with Gasteiger partial charge in [-0.3, -0.25) is 0 Å². The van der Waals surface area contributed by atoms with E-state index in [0.29, 0.717) is 25.7 Å². The van der Waals surface area contributed by atoms with Crippen LogP contribution in [0.3, 0.4) is 0 Å². The molecule has 0 fully saturated rings. The van der Waals surface area contributed by atoms with Gasteiger partial charge >= 0.3 is 0 Å². The van der Waals surface area contributed by atoms with E-state index >= 15 is 0 Å². The van der Waals surface area contributed by atoms with Crippen LogP contribution < -0.4 is 15.8 Å². The van der Waals surface area contributed by atoms with Crippen LogP contribution in [-0.4, -0.2) is 19.7 Å². The van der Waals surface area contributed by atoms with E-state index in [0.717, 1.165) is 22.6 Å². The minimum Gasteiger partial charge on any atom is -0.497 e. The number of aliphatic imine (C=N–C) groups is 1. The molecule has 3 N–H and O–H groups in total. The van der Waals surface area contributed by atoms with Gasteiger partial charge in [-0.25, -0.2) is 4.99 Å². The molecule has 23 heavy (non-hydrogen) atoms. The van der Waals surface area contributed by atoms with Crippen molar-refractivity contribution in [2.45, 2.75) is 20.1 Å². The third kappa shape index (κ3) is 5.30. The van der Waals surface area contributed by atoms with Crippen LogP contribution in [0.1, 0.15) is 18.1 Å². The van der Waals surface area contributed by atoms with Crippen molar-refractivity contribution in [2.24, 2.45) is 10.7 Å². The Balaban J connectivity index is 1.98. The lowest BCUT2D eigenvalue weighted by molar-refractivity contribution is 0.133. The number of benzene rings is 2. The van der Waals surface area contributed by atoms with E-state index in [4.69, 9.17) is 15.2 Å². The fourth-order valence-corrected chi connectivity index (χ4v) is 2.10. The van der Waals surface area contributed by atoms with Crippen molar-refractivity contribution in [2.75, 3.05) is 19.0 Å². The Kier molecular flexibility index (Phi) is 6.44. The van der Waals surface area contributed by atoms with E-state index in [-0.39, 0.29) is 0 Å². The van der Waals surface area contributed by atoms with E-state index in [1.807, 2.05) is 55.5 Å². The molecule has 0 saturated heterocycles. The van der Waals surface area contributed by atoms with Gasteiger partial charge in [0.2, 0.25) is 0 Å². The fourth-order valence-electron chi connectivity index (χ4n) is 2.10. The molecule has 0 amide bonds. The Morgan fingerprint density at radius 1 is 1.09 bits per heavy atom. The highest BCUT2D eigenvalue weighted by Crippen LogP contribution is 2.15. The van der Waals surface area contributed by atoms with Gasteiger partial charge in [-0.2, -0.15) is 0 Å². The zero-order chi connectivity index (χ0) is 16.5. The first kappa shape index (κ1) is 16.8. The van der Waals surface area contributed by atoms with Gasteiger partial charge in [-0.05, 0) is 42.3 Å². The molecule has 5 nitrogen and oxygen atoms in total. The molecule has 0 heterocycles. The molecule has 2 aromatic rings. The van der Waals surface area contributed by atoms with Crippen molar-refractivity contribution >= 4 is 11.6 Å². The van der Waals surface area contributed by atoms with Crippen LogP contribution in [0.4, 0.5) is 5.69 Å². The number of hydrogen-bond donors (Lipinski definition) is 2. The minimum absolute atomic E-state index is 0.376. The molecule has 0 radical (unpaired) electrons. The molecule has 0 aliphatic carbocycles. The van der Waals surface area contributed by atoms with Gasteiger partial charge in [0.25, 0.3) is 0 Å². The molecule has 2 rings (SSSR count). The summed E-state index contributed by atoms with van der Waals surface area (Å²) in [4.78, 5) is 4.40. The molecule has 122 valence electrons. The Bertz CT molecular complexity index is 639. The van der Waals surface area contributed by atoms with Crippen molar-refractivity contribution < 1.29 is 9.47 Å². The summed E-state index contributed by atoms with van der Waals surface area (Å²) >= 11 is 0. The zero-order valence-corrected chi connectivity index (χ0v) is 13.6. The lowest BCUT2D eigenvalue weighted by Gasteiger charge is -2.09. The van der Waals surface area contributed by atoms with Gasteiger partial charge in [0.1, 0.15) is 5.75 Å². The second kappa shape index (κ2) is 8.80. The Morgan fingerprint density at radius 2 is 1.78 bits per heavy atom. The van der Waals surface area contributed by atoms with E-state index < -0.39 is 0 Å². The number of nitrogens with zero attached hydrogens (tertiary/aromatic N) is 1. The van der Waals surface area contributed by atoms with Gasteiger partial charge in [0.05, 0.1) is 20.3 Å². The second-order valence-electron chi connectivity index (χ2n) is 4.96. The molecule has 2 aromatic carbocycles. The summed E-state index contributed by atoms with van der Waals surface area (Å²) in [5.74, 6) is 1.18. The summed E-state index contributed by atoms with van der Waals surface area (Å²) < 4.78 is 10.6. The Labute approximate surface area is 137 Å². The van der Waals surface area contributed by atoms with E-state index in [9.17, 15) is 0 Å². The third-order valence-corrected chi connectivity index (χ3v) is 3.36. The van der Waals surface area contributed by atoms with Crippen molar-refractivity contribution in [3.8, 4) is 5.75 Å². The summed E-state index contributed by atoms with van der Waals surface area (Å²) in [6.07, 6.45) is 0. The number of ether oxygens (including phenoxy) is 2. The van der Waals surface area contributed by atoms with Crippen LogP contribution in [0.25, 0.3) is 0 Å². The molecule has 0 atom stereocenters. The number of hydrogen-bond acceptors (Lipinski definition) is 3. The minimum atomic E-state index is 0.376. The molecule has 0 aliphatic rings. The second-order valence-corrected chi connectivity index (χ2v) is 4.96. The number of guanidine groups is 1. The largest absolute Gasteiger partial charge is 0.497 e. The first-order valence-electron chi connectivity index (χ1n) is 7.58. The third-order valence-electron chi connectivity index (χ3n) is 3.36. The van der Waals surface area contributed by atoms with Crippen LogP contribution in [0, 0.1) is 0 Å². The normalized spacial score (nSPS) is 11.3. The fraction of sp³-hybridized carbons (Fsp3) is 0.278. The van der Waals surface area contributed by atoms with Crippen LogP contribution in [0.15, 0.2) is 53.5 Å². The summed E-state index contributed by atoms with van der Waals surface area (Å²) in [5, 5.41) is 3.07. The average molecular weight is 313 g/mol. The number of anilines is 1. The predicted octanol–water partition coefficient (Wildman–Crippen LogP) is 3.16. The van der Waals surface area contributed by atoms with Crippen LogP contribution in [0.2, 0.25) is 0 Å². The highest BCUT2D eigenvalue weighted by Gasteiger charge is 2.02. The van der Waals surface area contributed by atoms with Gasteiger partial charge in [-0.15, -0.1) is 0 Å². The molecular formula is C18H23N3O2. The van der Waals surface area contributed by atoms with Gasteiger partial charge in [0, 0.05) is 12.3 Å². The summed E-state index contributed by atoms with van der Waals surface area (Å²) in [6.45, 7) is 3.78. The van der Waals surface area contributed by atoms with Crippen molar-refractivity contribution in [3.05, 3.63) is 59.7 Å². The van der Waals surface area contributed by atoms with E-state index in [1.165, 1.54) is 0 Å². The van der Waals surface area contributed by atoms with E-state index in [1.54, 1.807) is 7.11 Å². The Hall–Kier alpha value is -2.53. The highest BCUT2D eigenvalue weighted by atomic mass is 16.5. The quantitative estimate of drug-likeness (QED) is 0.608. The van der Waals surface area contributed by atoms with Crippen molar-refractivity contribution in [1.29, 1.82) is 0 Å². The SMILES string of the molecule is CCOCc1ccccc1CN=C(N)Nc1ccc(OC)cc1. The summed E-state index contributed by atoms with van der Waals surface area (Å²) in [6, 6.07) is 15.6. The maximum absolute atomic E-state index is 5.95. The zero-order valence-electron chi connectivity index (χ0n) is 13.6. The van der Waals surface area contributed by atoms with Crippen LogP contribution in [-0.2, 0) is 17.9 Å². The monoisotopic (exact) mass is 313 g/mol. The van der Waals surface area contributed by atoms with Gasteiger partial charge in [0.15, 0.2) is 5.96 Å². The first-order chi connectivity index (χ1) is 11.2. The molecule has 0 aromatic heterocycles. The van der Waals surface area contributed by atoms with Crippen molar-refractivity contribution in [3.63, 3.8) is 0 Å². The maximum Gasteiger partial charge on any atom is 0.193 e. The molecule has 0 spiro atoms. The summed E-state index contributed by atoms with van der Waals surface area (Å²) in [5.41, 5.74) is 9.07. The molecule has 0 aliphatic heterocycles. The number of methoxy groups -OCH3 is 1. The highest BCUT2D eigenvalue weighted by molar-refractivity contribution is 5.92. The van der Waals surface area contributed by atoms with Crippen LogP contribution >= 0.6 is 0 Å². The summed E-state index contributed by atoms with van der Waals surface area (Å²) in [7, 11) is 1.64. The Morgan fingerprint density at radius 3 is 2.43 bits per heavy atom. The van der Waals surface area contributed by atoms with Crippen LogP contribution in [0.5, 0.6) is 5.75 Å². The average Bonchev–Trinajstić information content (AvgIpc) is 2.59. The molecule has 0 unspecified atom stereocenters. The lowest BCUT2D eigenvalue weighted by Crippen LogP contribution is -2.22. The first-order valence-corrected chi connectivity index (χ1v) is 7.58. The maximum atomic E-state index is 5.95. The molecule has 5 heteroatoms. The van der Waals surface area contributed by atoms with Crippen molar-refractivity contribution in [1.82, 2.24) is 0 Å². The predicted molar refractivity (Wildman–Crippen MR) is 93.7 cm³/mol. The van der Waals surface area contributed by atoms with E-state index in [2.05, 4.69) is 10.3 Å². The topological polar surface area (TPSA) is 68.9 Å². The molecule has 0 saturated carbocycles. The molecule has 0 bridgehead atoms. The van der Waals surface area contributed by atoms with Gasteiger partial charge < -0.3 is 20.5 Å². The number of rotatable bonds is 7. The standard InChI is InChI=1S/C18H23N3O2/c1-3-23-13-15-7-5-4-6-14(15)12-20-18(19)21-16-8-10-17(22-2)11-9-16/h4-11H,3,12-13H2,1-2H3,(H3,19,20,21). The molecular weight excluding hydrogens is 290 g/mol. The smallest absolute Gasteiger partial charge is 0.193 e. The number of nitrogens with two attached hydrogens (primary N) is 1. The van der Waals surface area contributed by atoms with Gasteiger partial charge in [-0.1, -0.05) is 24.3 Å².